The number of methoxy groups -OCH3 is 2. The summed E-state index contributed by atoms with van der Waals surface area (Å²) in [5, 5.41) is 2.54. The molecule has 1 aromatic carbocycles. The number of nitrogens with one attached hydrogen (secondary N) is 1. The number of carbonyl (C=O) groups excluding carboxylic acids is 1. The Hall–Kier alpha value is -2.00. The first kappa shape index (κ1) is 28.0. The predicted octanol–water partition coefficient (Wildman–Crippen LogP) is 5.28. The van der Waals surface area contributed by atoms with Crippen molar-refractivity contribution < 1.29 is 32.0 Å². The molecule has 0 spiro atoms. The van der Waals surface area contributed by atoms with Crippen LogP contribution < -0.4 is 14.8 Å². The molecular weight excluding hydrogens is 434 g/mol. The van der Waals surface area contributed by atoms with Gasteiger partial charge in [-0.2, -0.15) is 8.42 Å². The molecule has 9 heteroatoms. The zero-order chi connectivity index (χ0) is 23.8. The third-order valence-corrected chi connectivity index (χ3v) is 5.97. The lowest BCUT2D eigenvalue weighted by Crippen LogP contribution is -2.28. The third-order valence-electron chi connectivity index (χ3n) is 5.16. The number of rotatable bonds is 17. The highest BCUT2D eigenvalue weighted by molar-refractivity contribution is 7.85. The Bertz CT molecular complexity index is 745. The molecule has 32 heavy (non-hydrogen) atoms. The van der Waals surface area contributed by atoms with Crippen LogP contribution in [0.4, 0.5) is 4.79 Å². The summed E-state index contributed by atoms with van der Waals surface area (Å²) in [7, 11) is -0.920. The second-order valence-electron chi connectivity index (χ2n) is 7.87. The highest BCUT2D eigenvalue weighted by Crippen LogP contribution is 2.31. The monoisotopic (exact) mass is 473 g/mol. The highest BCUT2D eigenvalue weighted by atomic mass is 32.2. The average molecular weight is 474 g/mol. The number of benzene rings is 1. The van der Waals surface area contributed by atoms with E-state index in [1.54, 1.807) is 20.3 Å². The van der Waals surface area contributed by atoms with Gasteiger partial charge in [0.25, 0.3) is 10.1 Å². The molecular formula is C23H39NO7S. The Morgan fingerprint density at radius 1 is 0.938 bits per heavy atom. The van der Waals surface area contributed by atoms with E-state index >= 15 is 0 Å². The summed E-state index contributed by atoms with van der Waals surface area (Å²) in [6, 6.07) is 5.40. The summed E-state index contributed by atoms with van der Waals surface area (Å²) in [5.41, 5.74) is 0.775. The van der Waals surface area contributed by atoms with E-state index in [9.17, 15) is 13.2 Å². The van der Waals surface area contributed by atoms with Crippen molar-refractivity contribution in [1.29, 1.82) is 0 Å². The molecule has 0 aromatic heterocycles. The molecule has 184 valence electrons. The molecule has 0 fully saturated rings. The number of ether oxygens (including phenoxy) is 3. The van der Waals surface area contributed by atoms with Crippen LogP contribution in [0.25, 0.3) is 0 Å². The van der Waals surface area contributed by atoms with Gasteiger partial charge in [-0.05, 0) is 37.0 Å². The largest absolute Gasteiger partial charge is 0.497 e. The van der Waals surface area contributed by atoms with Crippen LogP contribution in [-0.2, 0) is 14.9 Å². The molecule has 0 saturated carbocycles. The van der Waals surface area contributed by atoms with E-state index in [0.29, 0.717) is 17.9 Å². The summed E-state index contributed by atoms with van der Waals surface area (Å²) in [5.74, 6) is 0.803. The zero-order valence-electron chi connectivity index (χ0n) is 19.6. The van der Waals surface area contributed by atoms with Crippen LogP contribution >= 0.6 is 0 Å². The minimum absolute atomic E-state index is 0.0878. The summed E-state index contributed by atoms with van der Waals surface area (Å²) < 4.78 is 46.7. The van der Waals surface area contributed by atoms with Crippen molar-refractivity contribution >= 4 is 16.2 Å². The number of hydrogen-bond donors (Lipinski definition) is 2. The van der Waals surface area contributed by atoms with Gasteiger partial charge in [-0.25, -0.2) is 4.79 Å². The van der Waals surface area contributed by atoms with Gasteiger partial charge in [0.1, 0.15) is 17.6 Å². The van der Waals surface area contributed by atoms with Crippen molar-refractivity contribution in [3.8, 4) is 11.5 Å². The minimum atomic E-state index is -4.05. The second-order valence-corrected chi connectivity index (χ2v) is 9.44. The molecule has 2 N–H and O–H groups in total. The molecule has 1 rings (SSSR count). The molecule has 0 heterocycles. The molecule has 0 bridgehead atoms. The number of hydrogen-bond acceptors (Lipinski definition) is 6. The smallest absolute Gasteiger partial charge is 0.407 e. The maximum absolute atomic E-state index is 12.3. The van der Waals surface area contributed by atoms with Crippen LogP contribution in [-0.4, -0.2) is 45.6 Å². The van der Waals surface area contributed by atoms with Gasteiger partial charge in [-0.1, -0.05) is 51.9 Å². The van der Waals surface area contributed by atoms with Crippen LogP contribution in [0.5, 0.6) is 11.5 Å². The van der Waals surface area contributed by atoms with Gasteiger partial charge < -0.3 is 19.5 Å². The number of alkyl carbamates (subject to hydrolysis) is 1. The van der Waals surface area contributed by atoms with E-state index in [1.165, 1.54) is 32.1 Å². The molecule has 0 aliphatic heterocycles. The van der Waals surface area contributed by atoms with Crippen LogP contribution in [0.15, 0.2) is 18.2 Å². The fraction of sp³-hybridized carbons (Fsp3) is 0.696. The Morgan fingerprint density at radius 2 is 1.50 bits per heavy atom. The maximum atomic E-state index is 12.3. The molecule has 1 aromatic rings. The lowest BCUT2D eigenvalue weighted by Gasteiger charge is -2.20. The molecule has 0 saturated heterocycles. The summed E-state index contributed by atoms with van der Waals surface area (Å²) in [6.07, 6.45) is 9.04. The summed E-state index contributed by atoms with van der Waals surface area (Å²) in [6.45, 7) is 2.29. The summed E-state index contributed by atoms with van der Waals surface area (Å²) >= 11 is 0. The van der Waals surface area contributed by atoms with E-state index < -0.39 is 28.1 Å². The van der Waals surface area contributed by atoms with Crippen molar-refractivity contribution in [1.82, 2.24) is 5.32 Å². The quantitative estimate of drug-likeness (QED) is 0.234. The Labute approximate surface area is 192 Å². The zero-order valence-corrected chi connectivity index (χ0v) is 20.4. The Kier molecular flexibility index (Phi) is 13.8. The Balaban J connectivity index is 2.67. The fourth-order valence-electron chi connectivity index (χ4n) is 3.39. The average Bonchev–Trinajstić information content (AvgIpc) is 2.76. The van der Waals surface area contributed by atoms with E-state index in [-0.39, 0.29) is 13.0 Å². The molecule has 1 amide bonds. The predicted molar refractivity (Wildman–Crippen MR) is 125 cm³/mol. The second kappa shape index (κ2) is 15.7. The number of carbonyl (C=O) groups is 1. The first-order chi connectivity index (χ1) is 15.3. The van der Waals surface area contributed by atoms with Crippen molar-refractivity contribution in [3.05, 3.63) is 23.8 Å². The van der Waals surface area contributed by atoms with Gasteiger partial charge in [0.2, 0.25) is 0 Å². The standard InChI is InChI=1S/C23H39NO7S/c1-4-5-6-7-8-9-10-11-13-22(19-16-20(29-2)18-21(17-19)30-3)31-23(25)24-14-12-15-32(26,27)28/h16-18,22H,4-15H2,1-3H3,(H,24,25)(H,26,27,28). The van der Waals surface area contributed by atoms with Crippen LogP contribution in [0.3, 0.4) is 0 Å². The lowest BCUT2D eigenvalue weighted by molar-refractivity contribution is 0.0905. The van der Waals surface area contributed by atoms with Gasteiger partial charge in [0.15, 0.2) is 0 Å². The first-order valence-electron chi connectivity index (χ1n) is 11.4. The lowest BCUT2D eigenvalue weighted by atomic mass is 10.0. The van der Waals surface area contributed by atoms with E-state index in [0.717, 1.165) is 24.8 Å². The van der Waals surface area contributed by atoms with Crippen LogP contribution in [0.2, 0.25) is 0 Å². The third kappa shape index (κ3) is 12.8. The van der Waals surface area contributed by atoms with Crippen LogP contribution in [0.1, 0.15) is 82.8 Å². The van der Waals surface area contributed by atoms with Crippen molar-refractivity contribution in [2.45, 2.75) is 77.2 Å². The summed E-state index contributed by atoms with van der Waals surface area (Å²) in [4.78, 5) is 12.3. The van der Waals surface area contributed by atoms with Crippen molar-refractivity contribution in [3.63, 3.8) is 0 Å². The first-order valence-corrected chi connectivity index (χ1v) is 13.0. The fourth-order valence-corrected chi connectivity index (χ4v) is 3.90. The van der Waals surface area contributed by atoms with Gasteiger partial charge in [-0.3, -0.25) is 4.55 Å². The Morgan fingerprint density at radius 3 is 2.03 bits per heavy atom. The minimum Gasteiger partial charge on any atom is -0.497 e. The van der Waals surface area contributed by atoms with Gasteiger partial charge >= 0.3 is 6.09 Å². The number of amides is 1. The molecule has 8 nitrogen and oxygen atoms in total. The SMILES string of the molecule is CCCCCCCCCCC(OC(=O)NCCCS(=O)(=O)O)c1cc(OC)cc(OC)c1. The normalized spacial score (nSPS) is 12.2. The highest BCUT2D eigenvalue weighted by Gasteiger charge is 2.19. The molecule has 0 aliphatic carbocycles. The molecule has 1 unspecified atom stereocenters. The van der Waals surface area contributed by atoms with Gasteiger partial charge in [-0.15, -0.1) is 0 Å². The van der Waals surface area contributed by atoms with Gasteiger partial charge in [0, 0.05) is 12.6 Å². The number of unbranched alkanes of at least 4 members (excludes halogenated alkanes) is 7. The van der Waals surface area contributed by atoms with Gasteiger partial charge in [0.05, 0.1) is 20.0 Å². The van der Waals surface area contributed by atoms with E-state index in [1.807, 2.05) is 12.1 Å². The van der Waals surface area contributed by atoms with E-state index in [2.05, 4.69) is 12.2 Å². The van der Waals surface area contributed by atoms with Crippen molar-refractivity contribution in [2.75, 3.05) is 26.5 Å². The topological polar surface area (TPSA) is 111 Å². The molecule has 1 atom stereocenters. The van der Waals surface area contributed by atoms with E-state index in [4.69, 9.17) is 18.8 Å². The van der Waals surface area contributed by atoms with Crippen molar-refractivity contribution in [2.24, 2.45) is 0 Å². The molecule has 0 radical (unpaired) electrons. The maximum Gasteiger partial charge on any atom is 0.407 e. The van der Waals surface area contributed by atoms with Crippen LogP contribution in [0, 0.1) is 0 Å². The molecule has 0 aliphatic rings.